The van der Waals surface area contributed by atoms with Gasteiger partial charge in [0.25, 0.3) is 0 Å². The van der Waals surface area contributed by atoms with Crippen LogP contribution in [0.15, 0.2) is 267 Å². The Labute approximate surface area is 868 Å². The maximum atomic E-state index is 2.83. The van der Waals surface area contributed by atoms with Crippen molar-refractivity contribution < 1.29 is 0 Å². The van der Waals surface area contributed by atoms with Crippen LogP contribution in [0.5, 0.6) is 0 Å². The first-order chi connectivity index (χ1) is 66.1. The van der Waals surface area contributed by atoms with Crippen LogP contribution < -0.4 is 0 Å². The first-order valence-corrected chi connectivity index (χ1v) is 62.7. The second-order valence-corrected chi connectivity index (χ2v) is 32.6. The third-order valence-corrected chi connectivity index (χ3v) is 26.0. The molecule has 746 valence electrons. The van der Waals surface area contributed by atoms with E-state index in [9.17, 15) is 0 Å². The largest absolute Gasteiger partial charge is 0.133 e. The van der Waals surface area contributed by atoms with Crippen LogP contribution in [0.1, 0.15) is 283 Å². The zero-order chi connectivity index (χ0) is 104. The summed E-state index contributed by atoms with van der Waals surface area (Å²) in [4.78, 5) is 0. The first kappa shape index (κ1) is 142. The van der Waals surface area contributed by atoms with Crippen molar-refractivity contribution in [2.24, 2.45) is 0 Å². The SMILES string of the molecule is CC.CC.CC.CC.CC.CC.CC.CC.CC.CC.CC.CC.CC.CC.Cc1ccc2cc(CP)ccc2c1.PCc1cc(CP)c2cc(CP)ccc2c1.PCc1ccc(-c2ccc(-c3cc(CP)cc(CP)c3)cc2)cc1.PCc1ccc(-c2cccc(-c3cc(CP)cc(CP)c3)c2)cc1.PCc1ccc2cc(CP)c(CP)cc2c1.PCc1ccc2cc(CP)ccc2c1. The summed E-state index contributed by atoms with van der Waals surface area (Å²) in [5.41, 5.74) is 32.3. The van der Waals surface area contributed by atoms with E-state index in [4.69, 9.17) is 0 Å². The molecule has 0 radical (unpaired) electrons. The number of fused-ring (bicyclic) bond motifs is 4. The molecule has 0 fully saturated rings. The molecule has 0 heterocycles. The predicted octanol–water partition coefficient (Wildman–Crippen LogP) is 41.7. The Kier molecular flexibility index (Phi) is 101. The zero-order valence-corrected chi connectivity index (χ0v) is 107. The van der Waals surface area contributed by atoms with Gasteiger partial charge in [0.2, 0.25) is 0 Å². The average molecular weight is 2100 g/mol. The summed E-state index contributed by atoms with van der Waals surface area (Å²) in [7, 11) is 41.9. The van der Waals surface area contributed by atoms with Crippen LogP contribution in [0.4, 0.5) is 0 Å². The maximum absolute atomic E-state index is 2.83. The first-order valence-electron chi connectivity index (χ1n) is 50.4. The van der Waals surface area contributed by atoms with Crippen LogP contribution in [-0.2, 0) is 92.4 Å². The number of benzene rings is 14. The molecule has 0 nitrogen and oxygen atoms in total. The fraction of sp³-hybridized carbons (Fsp3) is 0.367. The molecule has 14 aromatic carbocycles. The van der Waals surface area contributed by atoms with E-state index in [2.05, 4.69) is 412 Å². The van der Waals surface area contributed by atoms with Gasteiger partial charge in [0, 0.05) is 0 Å². The van der Waals surface area contributed by atoms with Gasteiger partial charge in [-0.25, -0.2) is 0 Å². The molecular weight excluding hydrogens is 1910 g/mol. The summed E-state index contributed by atoms with van der Waals surface area (Å²) in [5, 5.41) is 10.8. The number of aryl methyl sites for hydroxylation is 1. The van der Waals surface area contributed by atoms with Crippen molar-refractivity contribution in [3.8, 4) is 44.5 Å². The van der Waals surface area contributed by atoms with Crippen molar-refractivity contribution >= 4 is 182 Å². The Morgan fingerprint density at radius 3 is 0.659 bits per heavy atom. The minimum absolute atomic E-state index is 0.988. The lowest BCUT2D eigenvalue weighted by atomic mass is 9.96. The van der Waals surface area contributed by atoms with Crippen molar-refractivity contribution in [2.75, 3.05) is 0 Å². The fourth-order valence-electron chi connectivity index (χ4n) is 12.8. The molecule has 14 aromatic rings. The van der Waals surface area contributed by atoms with Crippen molar-refractivity contribution in [1.82, 2.24) is 0 Å². The highest BCUT2D eigenvalue weighted by Gasteiger charge is 2.10. The van der Waals surface area contributed by atoms with E-state index in [-0.39, 0.29) is 0 Å². The van der Waals surface area contributed by atoms with E-state index in [0.29, 0.717) is 0 Å². The lowest BCUT2D eigenvalue weighted by molar-refractivity contribution is 1.30. The summed E-state index contributed by atoms with van der Waals surface area (Å²) >= 11 is 0. The summed E-state index contributed by atoms with van der Waals surface area (Å²) in [6.07, 6.45) is 15.2. The van der Waals surface area contributed by atoms with Crippen molar-refractivity contribution in [2.45, 2.75) is 293 Å². The molecule has 0 amide bonds. The van der Waals surface area contributed by atoms with Gasteiger partial charge in [-0.15, -0.1) is 139 Å². The van der Waals surface area contributed by atoms with Crippen LogP contribution in [-0.4, -0.2) is 0 Å². The van der Waals surface area contributed by atoms with E-state index in [1.807, 2.05) is 194 Å². The second-order valence-electron chi connectivity index (χ2n) is 26.5. The molecule has 0 aliphatic carbocycles. The van der Waals surface area contributed by atoms with Crippen LogP contribution in [0.25, 0.3) is 87.6 Å². The minimum atomic E-state index is 0.988. The van der Waals surface area contributed by atoms with Gasteiger partial charge in [-0.1, -0.05) is 460 Å². The summed E-state index contributed by atoms with van der Waals surface area (Å²) in [6, 6.07) is 98.4. The van der Waals surface area contributed by atoms with E-state index in [1.165, 1.54) is 177 Å². The normalized spacial score (nSPS) is 9.19. The van der Waals surface area contributed by atoms with E-state index >= 15 is 0 Å². The van der Waals surface area contributed by atoms with Gasteiger partial charge in [-0.05, 0) is 276 Å². The number of hydrogen-bond acceptors (Lipinski definition) is 0. The lowest BCUT2D eigenvalue weighted by Crippen LogP contribution is -1.89. The number of hydrogen-bond donors (Lipinski definition) is 0. The Bertz CT molecular complexity index is 5090. The third-order valence-electron chi connectivity index (χ3n) is 19.0. The van der Waals surface area contributed by atoms with Gasteiger partial charge in [0.05, 0.1) is 0 Å². The third kappa shape index (κ3) is 53.7. The summed E-state index contributed by atoms with van der Waals surface area (Å²) < 4.78 is 0. The van der Waals surface area contributed by atoms with Crippen LogP contribution >= 0.6 is 139 Å². The second kappa shape index (κ2) is 95.4. The quantitative estimate of drug-likeness (QED) is 0.0708. The lowest BCUT2D eigenvalue weighted by Gasteiger charge is -2.10. The Balaban J connectivity index is -0.000000354. The van der Waals surface area contributed by atoms with Gasteiger partial charge in [0.15, 0.2) is 0 Å². The molecule has 0 saturated carbocycles. The Morgan fingerprint density at radius 2 is 0.348 bits per heavy atom. The molecule has 15 unspecified atom stereocenters. The molecule has 0 spiro atoms. The summed E-state index contributed by atoms with van der Waals surface area (Å²) in [5.74, 6) is 0. The van der Waals surface area contributed by atoms with E-state index < -0.39 is 0 Å². The van der Waals surface area contributed by atoms with Crippen LogP contribution in [0.2, 0.25) is 0 Å². The molecule has 15 atom stereocenters. The Morgan fingerprint density at radius 1 is 0.133 bits per heavy atom. The predicted molar refractivity (Wildman–Crippen MR) is 695 cm³/mol. The van der Waals surface area contributed by atoms with E-state index in [0.717, 1.165) is 92.4 Å². The monoisotopic (exact) mass is 2100 g/mol. The molecule has 0 aliphatic rings. The molecule has 14 rings (SSSR count). The molecule has 0 aromatic heterocycles. The van der Waals surface area contributed by atoms with Crippen molar-refractivity contribution in [1.29, 1.82) is 0 Å². The minimum Gasteiger partial charge on any atom is -0.133 e. The highest BCUT2D eigenvalue weighted by Crippen LogP contribution is 2.34. The molecular formula is C120H191P15. The van der Waals surface area contributed by atoms with E-state index in [1.54, 1.807) is 0 Å². The summed E-state index contributed by atoms with van der Waals surface area (Å²) in [6.45, 7) is 58.1. The zero-order valence-electron chi connectivity index (χ0n) is 89.7. The van der Waals surface area contributed by atoms with Gasteiger partial charge in [-0.3, -0.25) is 0 Å². The topological polar surface area (TPSA) is 0 Å². The molecule has 0 saturated heterocycles. The van der Waals surface area contributed by atoms with Crippen molar-refractivity contribution in [3.05, 3.63) is 356 Å². The molecule has 0 aliphatic heterocycles. The average Bonchev–Trinajstić information content (AvgIpc) is 0.806. The van der Waals surface area contributed by atoms with Crippen LogP contribution in [0, 0.1) is 6.92 Å². The molecule has 0 N–H and O–H groups in total. The molecule has 15 heteroatoms. The Hall–Kier alpha value is -3.43. The van der Waals surface area contributed by atoms with Crippen LogP contribution in [0.3, 0.4) is 0 Å². The van der Waals surface area contributed by atoms with Crippen molar-refractivity contribution in [3.63, 3.8) is 0 Å². The molecule has 135 heavy (non-hydrogen) atoms. The smallest absolute Gasteiger partial charge is 0.0122 e. The fourth-order valence-corrected chi connectivity index (χ4v) is 16.9. The number of rotatable bonds is 19. The standard InChI is InChI=1S/2C21H23P3.2C13H17P3.C12H14P2.C12H13P.14C2H6/c22-12-15-1-3-18(4-2-15)19-5-7-20(8-6-19)21-10-16(13-23)9-17(11-21)14-24;22-12-15-4-6-18(7-5-15)19-2-1-3-20(11-19)21-9-16(13-23)8-17(10-21)14-24;14-6-9-1-2-11-3-10(7-15)4-12(8-16)13(11)5-9;14-6-9-1-2-10-4-12(7-15)13(8-16)5-11(10)3-9;13-7-9-1-3-11-6-10(8-14)2-4-12(11)5-9;1-9-2-4-12-7-10(8-13)3-5-11(12)6-9;14*1-2/h2*1-11H,12-14,22-24H2;2*1-5H,6-8,14-16H2;1-6H,7-8,13-14H2;2-7H,8,13H2,1H3;14*1-2H3. The highest BCUT2D eigenvalue weighted by atomic mass is 31.0. The van der Waals surface area contributed by atoms with Gasteiger partial charge in [0.1, 0.15) is 0 Å². The van der Waals surface area contributed by atoms with Gasteiger partial charge in [-0.2, -0.15) is 0 Å². The highest BCUT2D eigenvalue weighted by molar-refractivity contribution is 7.18. The maximum Gasteiger partial charge on any atom is -0.0122 e. The van der Waals surface area contributed by atoms with Gasteiger partial charge < -0.3 is 0 Å². The molecule has 0 bridgehead atoms. The van der Waals surface area contributed by atoms with Gasteiger partial charge >= 0.3 is 0 Å².